The Labute approximate surface area is 106 Å². The molecule has 0 spiro atoms. The molecule has 0 radical (unpaired) electrons. The highest BCUT2D eigenvalue weighted by molar-refractivity contribution is 5.94. The first-order valence-corrected chi connectivity index (χ1v) is 6.63. The highest BCUT2D eigenvalue weighted by atomic mass is 16.2. The molecule has 6 nitrogen and oxygen atoms in total. The summed E-state index contributed by atoms with van der Waals surface area (Å²) < 4.78 is 1.90. The normalized spacial score (nSPS) is 24.6. The maximum Gasteiger partial charge on any atom is 0.242 e. The molecule has 6 heteroatoms. The van der Waals surface area contributed by atoms with Crippen molar-refractivity contribution in [1.82, 2.24) is 20.4 Å². The molecule has 0 saturated carbocycles. The van der Waals surface area contributed by atoms with Gasteiger partial charge in [0.2, 0.25) is 5.91 Å². The Hall–Kier alpha value is -1.40. The molecule has 1 amide bonds. The molecule has 0 bridgehead atoms. The Morgan fingerprint density at radius 1 is 1.44 bits per heavy atom. The minimum Gasteiger partial charge on any atom is -0.312 e. The maximum atomic E-state index is 12.1. The maximum absolute atomic E-state index is 12.1. The second kappa shape index (κ2) is 5.07. The lowest BCUT2D eigenvalue weighted by Gasteiger charge is -2.29. The van der Waals surface area contributed by atoms with E-state index in [0.717, 1.165) is 44.7 Å². The first kappa shape index (κ1) is 11.7. The van der Waals surface area contributed by atoms with Crippen molar-refractivity contribution in [2.24, 2.45) is 0 Å². The van der Waals surface area contributed by atoms with E-state index in [9.17, 15) is 4.79 Å². The van der Waals surface area contributed by atoms with Crippen molar-refractivity contribution in [2.45, 2.75) is 31.3 Å². The van der Waals surface area contributed by atoms with Crippen LogP contribution in [-0.2, 0) is 4.79 Å². The van der Waals surface area contributed by atoms with Gasteiger partial charge in [0.05, 0.1) is 18.3 Å². The second-order valence-electron chi connectivity index (χ2n) is 4.96. The molecular weight excluding hydrogens is 230 g/mol. The van der Waals surface area contributed by atoms with E-state index in [4.69, 9.17) is 0 Å². The monoisotopic (exact) mass is 249 g/mol. The Morgan fingerprint density at radius 3 is 3.00 bits per heavy atom. The Morgan fingerprint density at radius 2 is 2.33 bits per heavy atom. The molecule has 1 unspecified atom stereocenters. The molecule has 18 heavy (non-hydrogen) atoms. The van der Waals surface area contributed by atoms with Crippen LogP contribution in [0.1, 0.15) is 25.3 Å². The van der Waals surface area contributed by atoms with Crippen molar-refractivity contribution in [3.05, 3.63) is 12.3 Å². The van der Waals surface area contributed by atoms with Crippen LogP contribution < -0.4 is 16.0 Å². The van der Waals surface area contributed by atoms with Gasteiger partial charge in [-0.15, -0.1) is 0 Å². The van der Waals surface area contributed by atoms with Crippen molar-refractivity contribution >= 4 is 11.7 Å². The first-order chi connectivity index (χ1) is 8.84. The van der Waals surface area contributed by atoms with E-state index in [2.05, 4.69) is 21.0 Å². The van der Waals surface area contributed by atoms with Gasteiger partial charge in [-0.05, 0) is 19.4 Å². The molecule has 1 aromatic heterocycles. The van der Waals surface area contributed by atoms with Crippen LogP contribution in [0.3, 0.4) is 0 Å². The molecule has 98 valence electrons. The highest BCUT2D eigenvalue weighted by Gasteiger charge is 2.25. The quantitative estimate of drug-likeness (QED) is 0.711. The van der Waals surface area contributed by atoms with Gasteiger partial charge < -0.3 is 16.0 Å². The first-order valence-electron chi connectivity index (χ1n) is 6.63. The third kappa shape index (κ3) is 2.26. The van der Waals surface area contributed by atoms with Crippen LogP contribution in [0, 0.1) is 0 Å². The third-order valence-corrected chi connectivity index (χ3v) is 3.65. The number of carbonyl (C=O) groups is 1. The molecule has 0 aliphatic carbocycles. The Bertz CT molecular complexity index is 420. The predicted octanol–water partition coefficient (Wildman–Crippen LogP) is 0.108. The average molecular weight is 249 g/mol. The van der Waals surface area contributed by atoms with Crippen molar-refractivity contribution in [3.8, 4) is 0 Å². The smallest absolute Gasteiger partial charge is 0.242 e. The number of aromatic nitrogens is 2. The van der Waals surface area contributed by atoms with Gasteiger partial charge in [0.25, 0.3) is 0 Å². The minimum absolute atomic E-state index is 0.0541. The topological polar surface area (TPSA) is 71.0 Å². The lowest BCUT2D eigenvalue weighted by Crippen LogP contribution is -2.46. The zero-order chi connectivity index (χ0) is 12.4. The van der Waals surface area contributed by atoms with Gasteiger partial charge in [-0.3, -0.25) is 4.79 Å². The third-order valence-electron chi connectivity index (χ3n) is 3.65. The molecule has 3 rings (SSSR count). The fourth-order valence-electron chi connectivity index (χ4n) is 2.44. The van der Waals surface area contributed by atoms with E-state index >= 15 is 0 Å². The highest BCUT2D eigenvalue weighted by Crippen LogP contribution is 2.18. The van der Waals surface area contributed by atoms with E-state index in [-0.39, 0.29) is 11.9 Å². The van der Waals surface area contributed by atoms with Gasteiger partial charge in [0.15, 0.2) is 0 Å². The SMILES string of the molecule is O=C(Nc1ccnn1C1CNC1)C1CCCCN1. The standard InChI is InChI=1S/C12H19N5O/c18-12(10-3-1-2-5-14-10)16-11-4-6-15-17(11)9-7-13-8-9/h4,6,9-10,13-14H,1-3,5,7-8H2,(H,16,18). The predicted molar refractivity (Wildman–Crippen MR) is 68.4 cm³/mol. The van der Waals surface area contributed by atoms with Crippen LogP contribution in [-0.4, -0.2) is 41.4 Å². The van der Waals surface area contributed by atoms with E-state index in [0.29, 0.717) is 6.04 Å². The summed E-state index contributed by atoms with van der Waals surface area (Å²) in [6.45, 7) is 2.78. The van der Waals surface area contributed by atoms with Crippen LogP contribution >= 0.6 is 0 Å². The summed E-state index contributed by atoms with van der Waals surface area (Å²) in [5.74, 6) is 0.864. The number of anilines is 1. The summed E-state index contributed by atoms with van der Waals surface area (Å²) >= 11 is 0. The van der Waals surface area contributed by atoms with Crippen molar-refractivity contribution in [2.75, 3.05) is 25.0 Å². The number of rotatable bonds is 3. The molecule has 2 fully saturated rings. The van der Waals surface area contributed by atoms with Gasteiger partial charge in [0, 0.05) is 19.2 Å². The number of piperidine rings is 1. The molecule has 0 aromatic carbocycles. The van der Waals surface area contributed by atoms with Gasteiger partial charge >= 0.3 is 0 Å². The number of nitrogens with zero attached hydrogens (tertiary/aromatic N) is 2. The molecule has 3 heterocycles. The lowest BCUT2D eigenvalue weighted by molar-refractivity contribution is -0.118. The summed E-state index contributed by atoms with van der Waals surface area (Å²) in [5, 5.41) is 13.7. The van der Waals surface area contributed by atoms with Gasteiger partial charge in [-0.25, -0.2) is 4.68 Å². The van der Waals surface area contributed by atoms with Crippen molar-refractivity contribution in [1.29, 1.82) is 0 Å². The fourth-order valence-corrected chi connectivity index (χ4v) is 2.44. The Balaban J connectivity index is 1.64. The van der Waals surface area contributed by atoms with Crippen LogP contribution in [0.15, 0.2) is 12.3 Å². The molecule has 3 N–H and O–H groups in total. The zero-order valence-corrected chi connectivity index (χ0v) is 10.4. The average Bonchev–Trinajstić information content (AvgIpc) is 2.76. The number of amides is 1. The van der Waals surface area contributed by atoms with E-state index in [1.54, 1.807) is 6.20 Å². The van der Waals surface area contributed by atoms with Crippen molar-refractivity contribution in [3.63, 3.8) is 0 Å². The number of hydrogen-bond acceptors (Lipinski definition) is 4. The number of nitrogens with one attached hydrogen (secondary N) is 3. The minimum atomic E-state index is -0.0541. The van der Waals surface area contributed by atoms with Crippen LogP contribution in [0.25, 0.3) is 0 Å². The van der Waals surface area contributed by atoms with Crippen LogP contribution in [0.5, 0.6) is 0 Å². The second-order valence-corrected chi connectivity index (χ2v) is 4.96. The van der Waals surface area contributed by atoms with Gasteiger partial charge in [-0.1, -0.05) is 6.42 Å². The summed E-state index contributed by atoms with van der Waals surface area (Å²) in [5.41, 5.74) is 0. The Kier molecular flexibility index (Phi) is 3.29. The van der Waals surface area contributed by atoms with Gasteiger partial charge in [0.1, 0.15) is 5.82 Å². The van der Waals surface area contributed by atoms with E-state index in [1.165, 1.54) is 0 Å². The summed E-state index contributed by atoms with van der Waals surface area (Å²) in [6, 6.07) is 2.18. The van der Waals surface area contributed by atoms with Crippen molar-refractivity contribution < 1.29 is 4.79 Å². The fraction of sp³-hybridized carbons (Fsp3) is 0.667. The molecule has 2 aliphatic heterocycles. The number of carbonyl (C=O) groups excluding carboxylic acids is 1. The molecule has 1 aromatic rings. The molecule has 2 aliphatic rings. The van der Waals surface area contributed by atoms with E-state index < -0.39 is 0 Å². The molecule has 2 saturated heterocycles. The summed E-state index contributed by atoms with van der Waals surface area (Å²) in [4.78, 5) is 12.1. The largest absolute Gasteiger partial charge is 0.312 e. The van der Waals surface area contributed by atoms with E-state index in [1.807, 2.05) is 10.7 Å². The van der Waals surface area contributed by atoms with Gasteiger partial charge in [-0.2, -0.15) is 5.10 Å². The summed E-state index contributed by atoms with van der Waals surface area (Å²) in [6.07, 6.45) is 4.94. The number of hydrogen-bond donors (Lipinski definition) is 3. The molecular formula is C12H19N5O. The van der Waals surface area contributed by atoms with Crippen LogP contribution in [0.4, 0.5) is 5.82 Å². The zero-order valence-electron chi connectivity index (χ0n) is 10.4. The molecule has 1 atom stereocenters. The van der Waals surface area contributed by atoms with Crippen LogP contribution in [0.2, 0.25) is 0 Å². The lowest BCUT2D eigenvalue weighted by atomic mass is 10.0. The summed E-state index contributed by atoms with van der Waals surface area (Å²) in [7, 11) is 0.